The fourth-order valence-corrected chi connectivity index (χ4v) is 4.94. The van der Waals surface area contributed by atoms with E-state index in [4.69, 9.17) is 14.0 Å². The van der Waals surface area contributed by atoms with E-state index in [-0.39, 0.29) is 30.1 Å². The lowest BCUT2D eigenvalue weighted by Gasteiger charge is -2.32. The van der Waals surface area contributed by atoms with Crippen molar-refractivity contribution < 1.29 is 23.6 Å². The van der Waals surface area contributed by atoms with E-state index >= 15 is 0 Å². The van der Waals surface area contributed by atoms with Crippen molar-refractivity contribution in [1.82, 2.24) is 15.0 Å². The van der Waals surface area contributed by atoms with Crippen molar-refractivity contribution in [2.24, 2.45) is 5.92 Å². The minimum Gasteiger partial charge on any atom is -0.493 e. The van der Waals surface area contributed by atoms with Crippen LogP contribution in [0.2, 0.25) is 0 Å². The quantitative estimate of drug-likeness (QED) is 0.495. The van der Waals surface area contributed by atoms with Gasteiger partial charge < -0.3 is 23.8 Å². The molecule has 0 aliphatic carbocycles. The number of aromatic nitrogens is 2. The maximum Gasteiger partial charge on any atom is 0.230 e. The Morgan fingerprint density at radius 3 is 2.61 bits per heavy atom. The highest BCUT2D eigenvalue weighted by atomic mass is 16.5. The molecule has 2 amide bonds. The fraction of sp³-hybridized carbons (Fsp3) is 0.407. The Morgan fingerprint density at radius 2 is 1.89 bits per heavy atom. The summed E-state index contributed by atoms with van der Waals surface area (Å²) in [6.45, 7) is 4.11. The number of methoxy groups -OCH3 is 1. The number of carbonyl (C=O) groups excluding carboxylic acids is 2. The topological polar surface area (TPSA) is 98.0 Å². The third-order valence-corrected chi connectivity index (χ3v) is 6.86. The average molecular weight is 491 g/mol. The van der Waals surface area contributed by atoms with Gasteiger partial charge in [0.1, 0.15) is 0 Å². The van der Waals surface area contributed by atoms with E-state index < -0.39 is 0 Å². The van der Waals surface area contributed by atoms with Gasteiger partial charge in [0.15, 0.2) is 11.5 Å². The Balaban J connectivity index is 1.19. The van der Waals surface area contributed by atoms with Crippen LogP contribution in [0.1, 0.15) is 38.0 Å². The maximum absolute atomic E-state index is 13.2. The van der Waals surface area contributed by atoms with E-state index in [0.29, 0.717) is 49.5 Å². The van der Waals surface area contributed by atoms with Crippen LogP contribution in [0.4, 0.5) is 5.69 Å². The van der Waals surface area contributed by atoms with Gasteiger partial charge in [-0.25, -0.2) is 0 Å². The van der Waals surface area contributed by atoms with Crippen LogP contribution in [0, 0.1) is 5.92 Å². The molecular formula is C27H30N4O5. The number of hydrogen-bond donors (Lipinski definition) is 0. The largest absolute Gasteiger partial charge is 0.493 e. The first kappa shape index (κ1) is 23.8. The predicted molar refractivity (Wildman–Crippen MR) is 133 cm³/mol. The molecule has 0 spiro atoms. The molecular weight excluding hydrogens is 460 g/mol. The molecule has 36 heavy (non-hydrogen) atoms. The second-order valence-electron chi connectivity index (χ2n) is 9.10. The van der Waals surface area contributed by atoms with Gasteiger partial charge in [-0.05, 0) is 50.1 Å². The number of likely N-dealkylation sites (tertiary alicyclic amines) is 1. The fourth-order valence-electron chi connectivity index (χ4n) is 4.94. The molecule has 0 saturated carbocycles. The van der Waals surface area contributed by atoms with Gasteiger partial charge in [-0.3, -0.25) is 9.59 Å². The van der Waals surface area contributed by atoms with Gasteiger partial charge in [0.25, 0.3) is 0 Å². The summed E-state index contributed by atoms with van der Waals surface area (Å²) >= 11 is 0. The molecule has 0 unspecified atom stereocenters. The van der Waals surface area contributed by atoms with E-state index in [2.05, 4.69) is 10.1 Å². The van der Waals surface area contributed by atoms with E-state index in [1.165, 1.54) is 0 Å². The first-order valence-corrected chi connectivity index (χ1v) is 12.4. The van der Waals surface area contributed by atoms with Crippen LogP contribution in [-0.4, -0.2) is 60.2 Å². The third kappa shape index (κ3) is 4.78. The Kier molecular flexibility index (Phi) is 6.88. The monoisotopic (exact) mass is 490 g/mol. The summed E-state index contributed by atoms with van der Waals surface area (Å²) in [7, 11) is 1.60. The molecule has 0 N–H and O–H groups in total. The standard InChI is InChI=1S/C27H30N4O5/c1-3-35-22-10-9-19(15-23(22)34-2)25-28-26(36-29-25)18-11-13-30(14-12-18)27(33)20-16-24(32)31(17-20)21-7-5-4-6-8-21/h4-10,15,18,20H,3,11-14,16-17H2,1-2H3/t20-/m0/s1. The minimum absolute atomic E-state index is 0.00116. The summed E-state index contributed by atoms with van der Waals surface area (Å²) in [5.41, 5.74) is 1.63. The predicted octanol–water partition coefficient (Wildman–Crippen LogP) is 3.90. The van der Waals surface area contributed by atoms with Gasteiger partial charge in [0.2, 0.25) is 23.5 Å². The van der Waals surface area contributed by atoms with Crippen molar-refractivity contribution in [2.45, 2.75) is 32.1 Å². The van der Waals surface area contributed by atoms with Gasteiger partial charge in [-0.1, -0.05) is 23.4 Å². The van der Waals surface area contributed by atoms with Crippen LogP contribution in [-0.2, 0) is 9.59 Å². The van der Waals surface area contributed by atoms with Crippen LogP contribution in [0.15, 0.2) is 53.1 Å². The Morgan fingerprint density at radius 1 is 1.11 bits per heavy atom. The van der Waals surface area contributed by atoms with E-state index in [0.717, 1.165) is 24.1 Å². The zero-order chi connectivity index (χ0) is 25.1. The number of anilines is 1. The van der Waals surface area contributed by atoms with Crippen LogP contribution in [0.5, 0.6) is 11.5 Å². The molecule has 9 heteroatoms. The molecule has 1 aromatic heterocycles. The number of nitrogens with zero attached hydrogens (tertiary/aromatic N) is 4. The first-order chi connectivity index (χ1) is 17.6. The molecule has 5 rings (SSSR count). The van der Waals surface area contributed by atoms with E-state index in [9.17, 15) is 9.59 Å². The zero-order valence-corrected chi connectivity index (χ0v) is 20.6. The number of rotatable bonds is 7. The summed E-state index contributed by atoms with van der Waals surface area (Å²) in [6, 6.07) is 15.1. The van der Waals surface area contributed by atoms with Crippen LogP contribution >= 0.6 is 0 Å². The van der Waals surface area contributed by atoms with Crippen molar-refractivity contribution in [3.63, 3.8) is 0 Å². The number of para-hydroxylation sites is 1. The van der Waals surface area contributed by atoms with Crippen LogP contribution in [0.3, 0.4) is 0 Å². The summed E-state index contributed by atoms with van der Waals surface area (Å²) in [6.07, 6.45) is 1.73. The average Bonchev–Trinajstić information content (AvgIpc) is 3.57. The molecule has 2 aromatic carbocycles. The molecule has 0 bridgehead atoms. The normalized spacial score (nSPS) is 18.5. The zero-order valence-electron chi connectivity index (χ0n) is 20.6. The summed E-state index contributed by atoms with van der Waals surface area (Å²) in [4.78, 5) is 33.9. The molecule has 2 aliphatic heterocycles. The van der Waals surface area contributed by atoms with Crippen molar-refractivity contribution in [1.29, 1.82) is 0 Å². The van der Waals surface area contributed by atoms with Crippen molar-refractivity contribution in [3.05, 3.63) is 54.4 Å². The van der Waals surface area contributed by atoms with Crippen molar-refractivity contribution in [3.8, 4) is 22.9 Å². The highest BCUT2D eigenvalue weighted by molar-refractivity contribution is 6.00. The summed E-state index contributed by atoms with van der Waals surface area (Å²) in [5.74, 6) is 2.19. The molecule has 2 aliphatic rings. The van der Waals surface area contributed by atoms with Crippen LogP contribution < -0.4 is 14.4 Å². The molecule has 2 saturated heterocycles. The number of benzene rings is 2. The molecule has 0 radical (unpaired) electrons. The molecule has 9 nitrogen and oxygen atoms in total. The second kappa shape index (κ2) is 10.4. The highest BCUT2D eigenvalue weighted by Gasteiger charge is 2.38. The number of carbonyl (C=O) groups is 2. The SMILES string of the molecule is CCOc1ccc(-c2noc(C3CCN(C(=O)[C@H]4CC(=O)N(c5ccccc5)C4)CC3)n2)cc1OC. The molecule has 1 atom stereocenters. The van der Waals surface area contributed by atoms with Crippen molar-refractivity contribution in [2.75, 3.05) is 38.3 Å². The number of hydrogen-bond acceptors (Lipinski definition) is 7. The van der Waals surface area contributed by atoms with Crippen molar-refractivity contribution >= 4 is 17.5 Å². The maximum atomic E-state index is 13.2. The van der Waals surface area contributed by atoms with Gasteiger partial charge in [-0.2, -0.15) is 4.98 Å². The summed E-state index contributed by atoms with van der Waals surface area (Å²) < 4.78 is 16.6. The lowest BCUT2D eigenvalue weighted by molar-refractivity contribution is -0.136. The van der Waals surface area contributed by atoms with Gasteiger partial charge in [0, 0.05) is 43.2 Å². The molecule has 2 fully saturated rings. The molecule has 3 aromatic rings. The number of piperidine rings is 1. The Labute approximate surface area is 210 Å². The Hall–Kier alpha value is -3.88. The van der Waals surface area contributed by atoms with E-state index in [1.807, 2.05) is 60.4 Å². The third-order valence-electron chi connectivity index (χ3n) is 6.86. The first-order valence-electron chi connectivity index (χ1n) is 12.4. The van der Waals surface area contributed by atoms with Gasteiger partial charge in [0.05, 0.1) is 19.6 Å². The second-order valence-corrected chi connectivity index (χ2v) is 9.10. The Bertz CT molecular complexity index is 1220. The lowest BCUT2D eigenvalue weighted by Crippen LogP contribution is -2.42. The van der Waals surface area contributed by atoms with Gasteiger partial charge in [-0.15, -0.1) is 0 Å². The molecule has 3 heterocycles. The summed E-state index contributed by atoms with van der Waals surface area (Å²) in [5, 5.41) is 4.17. The van der Waals surface area contributed by atoms with Gasteiger partial charge >= 0.3 is 0 Å². The van der Waals surface area contributed by atoms with E-state index in [1.54, 1.807) is 12.0 Å². The van der Waals surface area contributed by atoms with Crippen LogP contribution in [0.25, 0.3) is 11.4 Å². The molecule has 188 valence electrons. The minimum atomic E-state index is -0.307. The number of amides is 2. The number of ether oxygens (including phenoxy) is 2. The highest BCUT2D eigenvalue weighted by Crippen LogP contribution is 2.34. The smallest absolute Gasteiger partial charge is 0.230 e. The lowest BCUT2D eigenvalue weighted by atomic mass is 9.95.